The van der Waals surface area contributed by atoms with Crippen molar-refractivity contribution in [3.05, 3.63) is 30.9 Å². The van der Waals surface area contributed by atoms with Crippen molar-refractivity contribution in [1.29, 1.82) is 0 Å². The summed E-state index contributed by atoms with van der Waals surface area (Å²) in [5.41, 5.74) is 1.12. The number of aryl methyl sites for hydroxylation is 1. The molecule has 1 unspecified atom stereocenters. The SMILES string of the molecule is CCNC(=NCCCCn1cnnc1)NC1CCN(c2cc(OC)cc(OC)c2)C1.I. The average Bonchev–Trinajstić information content (AvgIpc) is 3.45. The number of nitrogens with one attached hydrogen (secondary N) is 2. The van der Waals surface area contributed by atoms with Crippen LogP contribution >= 0.6 is 24.0 Å². The Morgan fingerprint density at radius 2 is 1.84 bits per heavy atom. The van der Waals surface area contributed by atoms with Gasteiger partial charge in [-0.05, 0) is 26.2 Å². The Labute approximate surface area is 201 Å². The van der Waals surface area contributed by atoms with Gasteiger partial charge < -0.3 is 29.6 Å². The molecule has 0 saturated carbocycles. The molecule has 0 radical (unpaired) electrons. The molecule has 3 rings (SSSR count). The van der Waals surface area contributed by atoms with Gasteiger partial charge >= 0.3 is 0 Å². The Bertz CT molecular complexity index is 779. The van der Waals surface area contributed by atoms with Crippen LogP contribution in [-0.4, -0.2) is 67.2 Å². The summed E-state index contributed by atoms with van der Waals surface area (Å²) in [4.78, 5) is 7.10. The molecule has 1 atom stereocenters. The van der Waals surface area contributed by atoms with E-state index in [-0.39, 0.29) is 24.0 Å². The van der Waals surface area contributed by atoms with Crippen LogP contribution in [0.1, 0.15) is 26.2 Å². The van der Waals surface area contributed by atoms with Gasteiger partial charge in [0.15, 0.2) is 5.96 Å². The minimum Gasteiger partial charge on any atom is -0.497 e. The highest BCUT2D eigenvalue weighted by Gasteiger charge is 2.24. The summed E-state index contributed by atoms with van der Waals surface area (Å²) in [6, 6.07) is 6.35. The maximum absolute atomic E-state index is 5.41. The van der Waals surface area contributed by atoms with Crippen molar-refractivity contribution in [1.82, 2.24) is 25.4 Å². The standard InChI is InChI=1S/C21H33N7O2.HI/c1-4-22-21(23-8-5-6-9-27-15-24-25-16-27)26-17-7-10-28(14-17)18-11-19(29-2)13-20(12-18)30-3;/h11-13,15-17H,4-10,14H2,1-3H3,(H2,22,23,26);1H. The van der Waals surface area contributed by atoms with Crippen molar-refractivity contribution in [2.24, 2.45) is 4.99 Å². The lowest BCUT2D eigenvalue weighted by molar-refractivity contribution is 0.394. The van der Waals surface area contributed by atoms with E-state index in [0.29, 0.717) is 6.04 Å². The number of aromatic nitrogens is 3. The number of anilines is 1. The van der Waals surface area contributed by atoms with Gasteiger partial charge in [0.2, 0.25) is 0 Å². The summed E-state index contributed by atoms with van der Waals surface area (Å²) < 4.78 is 12.8. The van der Waals surface area contributed by atoms with Crippen LogP contribution in [0.5, 0.6) is 11.5 Å². The van der Waals surface area contributed by atoms with Crippen molar-refractivity contribution in [2.45, 2.75) is 38.8 Å². The molecule has 31 heavy (non-hydrogen) atoms. The lowest BCUT2D eigenvalue weighted by Gasteiger charge is -2.21. The molecule has 2 aromatic rings. The van der Waals surface area contributed by atoms with E-state index in [1.165, 1.54) is 0 Å². The minimum atomic E-state index is 0. The maximum Gasteiger partial charge on any atom is 0.191 e. The largest absolute Gasteiger partial charge is 0.497 e. The molecule has 1 fully saturated rings. The van der Waals surface area contributed by atoms with E-state index in [1.807, 2.05) is 10.6 Å². The first-order valence-electron chi connectivity index (χ1n) is 10.6. The first-order chi connectivity index (χ1) is 14.7. The highest BCUT2D eigenvalue weighted by molar-refractivity contribution is 14.0. The third kappa shape index (κ3) is 7.75. The quantitative estimate of drug-likeness (QED) is 0.206. The van der Waals surface area contributed by atoms with Crippen LogP contribution in [0.2, 0.25) is 0 Å². The Morgan fingerprint density at radius 1 is 1.13 bits per heavy atom. The average molecular weight is 543 g/mol. The second kappa shape index (κ2) is 13.2. The van der Waals surface area contributed by atoms with Gasteiger partial charge in [-0.2, -0.15) is 0 Å². The molecule has 1 aromatic heterocycles. The highest BCUT2D eigenvalue weighted by atomic mass is 127. The van der Waals surface area contributed by atoms with Gasteiger partial charge in [-0.25, -0.2) is 0 Å². The molecule has 172 valence electrons. The zero-order valence-corrected chi connectivity index (χ0v) is 20.9. The highest BCUT2D eigenvalue weighted by Crippen LogP contribution is 2.30. The fourth-order valence-corrected chi connectivity index (χ4v) is 3.54. The van der Waals surface area contributed by atoms with E-state index >= 15 is 0 Å². The van der Waals surface area contributed by atoms with Gasteiger partial charge in [0.25, 0.3) is 0 Å². The van der Waals surface area contributed by atoms with Gasteiger partial charge in [-0.3, -0.25) is 4.99 Å². The van der Waals surface area contributed by atoms with Gasteiger partial charge in [0.1, 0.15) is 24.2 Å². The van der Waals surface area contributed by atoms with Crippen molar-refractivity contribution >= 4 is 35.6 Å². The molecule has 1 aliphatic rings. The zero-order valence-electron chi connectivity index (χ0n) is 18.6. The molecule has 1 saturated heterocycles. The monoisotopic (exact) mass is 543 g/mol. The summed E-state index contributed by atoms with van der Waals surface area (Å²) in [5.74, 6) is 2.50. The van der Waals surface area contributed by atoms with Crippen molar-refractivity contribution in [3.63, 3.8) is 0 Å². The number of hydrogen-bond acceptors (Lipinski definition) is 6. The van der Waals surface area contributed by atoms with Gasteiger partial charge in [0, 0.05) is 62.7 Å². The topological polar surface area (TPSA) is 88.8 Å². The van der Waals surface area contributed by atoms with Crippen LogP contribution in [0.25, 0.3) is 0 Å². The number of nitrogens with zero attached hydrogens (tertiary/aromatic N) is 5. The molecule has 0 bridgehead atoms. The molecule has 2 heterocycles. The van der Waals surface area contributed by atoms with E-state index in [2.05, 4.69) is 44.8 Å². The summed E-state index contributed by atoms with van der Waals surface area (Å²) in [6.45, 7) is 6.54. The summed E-state index contributed by atoms with van der Waals surface area (Å²) in [6.07, 6.45) is 6.62. The number of unbranched alkanes of at least 4 members (excludes halogenated alkanes) is 1. The second-order valence-electron chi connectivity index (χ2n) is 7.31. The summed E-state index contributed by atoms with van der Waals surface area (Å²) >= 11 is 0. The van der Waals surface area contributed by atoms with Crippen molar-refractivity contribution in [2.75, 3.05) is 45.3 Å². The number of ether oxygens (including phenoxy) is 2. The molecule has 0 aliphatic carbocycles. The van der Waals surface area contributed by atoms with Crippen molar-refractivity contribution in [3.8, 4) is 11.5 Å². The Balaban J connectivity index is 0.00000341. The number of aliphatic imine (C=N–C) groups is 1. The lowest BCUT2D eigenvalue weighted by atomic mass is 10.2. The predicted molar refractivity (Wildman–Crippen MR) is 134 cm³/mol. The number of hydrogen-bond donors (Lipinski definition) is 2. The molecular formula is C21H34IN7O2. The third-order valence-electron chi connectivity index (χ3n) is 5.14. The van der Waals surface area contributed by atoms with E-state index in [9.17, 15) is 0 Å². The fraction of sp³-hybridized carbons (Fsp3) is 0.571. The van der Waals surface area contributed by atoms with Crippen LogP contribution in [0.3, 0.4) is 0 Å². The molecule has 0 amide bonds. The Morgan fingerprint density at radius 3 is 2.48 bits per heavy atom. The number of halogens is 1. The van der Waals surface area contributed by atoms with Crippen molar-refractivity contribution < 1.29 is 9.47 Å². The van der Waals surface area contributed by atoms with Gasteiger partial charge in [-0.15, -0.1) is 34.2 Å². The molecule has 0 spiro atoms. The van der Waals surface area contributed by atoms with E-state index in [4.69, 9.17) is 14.5 Å². The molecule has 9 nitrogen and oxygen atoms in total. The summed E-state index contributed by atoms with van der Waals surface area (Å²) in [7, 11) is 3.36. The number of methoxy groups -OCH3 is 2. The van der Waals surface area contributed by atoms with Crippen LogP contribution in [0.15, 0.2) is 35.8 Å². The second-order valence-corrected chi connectivity index (χ2v) is 7.31. The normalized spacial score (nSPS) is 16.0. The van der Waals surface area contributed by atoms with Crippen LogP contribution in [-0.2, 0) is 6.54 Å². The lowest BCUT2D eigenvalue weighted by Crippen LogP contribution is -2.44. The minimum absolute atomic E-state index is 0. The first kappa shape index (κ1) is 25.0. The van der Waals surface area contributed by atoms with Crippen LogP contribution in [0, 0.1) is 0 Å². The molecular weight excluding hydrogens is 509 g/mol. The smallest absolute Gasteiger partial charge is 0.191 e. The summed E-state index contributed by atoms with van der Waals surface area (Å²) in [5, 5.41) is 14.6. The molecule has 1 aliphatic heterocycles. The van der Waals surface area contributed by atoms with Crippen LogP contribution in [0.4, 0.5) is 5.69 Å². The fourth-order valence-electron chi connectivity index (χ4n) is 3.54. The third-order valence-corrected chi connectivity index (χ3v) is 5.14. The zero-order chi connectivity index (χ0) is 21.2. The Hall–Kier alpha value is -2.24. The van der Waals surface area contributed by atoms with E-state index in [1.54, 1.807) is 26.9 Å². The van der Waals surface area contributed by atoms with Crippen LogP contribution < -0.4 is 25.0 Å². The Kier molecular flexibility index (Phi) is 10.7. The predicted octanol–water partition coefficient (Wildman–Crippen LogP) is 2.53. The van der Waals surface area contributed by atoms with Gasteiger partial charge in [0.05, 0.1) is 14.2 Å². The molecule has 1 aromatic carbocycles. The number of benzene rings is 1. The maximum atomic E-state index is 5.41. The van der Waals surface area contributed by atoms with Gasteiger partial charge in [-0.1, -0.05) is 0 Å². The molecule has 10 heteroatoms. The van der Waals surface area contributed by atoms with E-state index in [0.717, 1.165) is 75.1 Å². The number of rotatable bonds is 10. The number of guanidine groups is 1. The molecule has 2 N–H and O–H groups in total. The van der Waals surface area contributed by atoms with E-state index < -0.39 is 0 Å². The first-order valence-corrected chi connectivity index (χ1v) is 10.6.